The van der Waals surface area contributed by atoms with Gasteiger partial charge in [0.1, 0.15) is 0 Å². The van der Waals surface area contributed by atoms with E-state index >= 15 is 0 Å². The van der Waals surface area contributed by atoms with Gasteiger partial charge in [-0.1, -0.05) is 11.6 Å². The molecule has 1 heterocycles. The van der Waals surface area contributed by atoms with E-state index in [1.165, 1.54) is 0 Å². The van der Waals surface area contributed by atoms with Crippen LogP contribution in [0.4, 0.5) is 5.82 Å². The van der Waals surface area contributed by atoms with Crippen LogP contribution in [0.15, 0.2) is 12.4 Å². The molecular weight excluding hydrogens is 228 g/mol. The van der Waals surface area contributed by atoms with Crippen LogP contribution in [-0.2, 0) is 4.74 Å². The first-order valence-corrected chi connectivity index (χ1v) is 5.51. The third kappa shape index (κ3) is 5.25. The van der Waals surface area contributed by atoms with Crippen molar-refractivity contribution in [2.45, 2.75) is 0 Å². The van der Waals surface area contributed by atoms with E-state index < -0.39 is 0 Å². The van der Waals surface area contributed by atoms with Crippen molar-refractivity contribution in [2.24, 2.45) is 0 Å². The summed E-state index contributed by atoms with van der Waals surface area (Å²) in [5.74, 6) is 0.598. The zero-order chi connectivity index (χ0) is 11.8. The van der Waals surface area contributed by atoms with Crippen molar-refractivity contribution in [3.05, 3.63) is 17.5 Å². The van der Waals surface area contributed by atoms with Gasteiger partial charge in [0.2, 0.25) is 0 Å². The van der Waals surface area contributed by atoms with Gasteiger partial charge in [-0.3, -0.25) is 0 Å². The Morgan fingerprint density at radius 2 is 2.06 bits per heavy atom. The Bertz CT molecular complexity index is 309. The second-order valence-electron chi connectivity index (χ2n) is 3.54. The van der Waals surface area contributed by atoms with Crippen LogP contribution in [0.5, 0.6) is 0 Å². The molecule has 0 aromatic carbocycles. The van der Waals surface area contributed by atoms with Gasteiger partial charge in [-0.2, -0.15) is 0 Å². The summed E-state index contributed by atoms with van der Waals surface area (Å²) < 4.78 is 5.41. The molecule has 0 spiro atoms. The highest BCUT2D eigenvalue weighted by Gasteiger charge is 1.99. The van der Waals surface area contributed by atoms with E-state index in [0.717, 1.165) is 13.2 Å². The first-order valence-electron chi connectivity index (χ1n) is 5.13. The van der Waals surface area contributed by atoms with Crippen molar-refractivity contribution in [3.8, 4) is 0 Å². The summed E-state index contributed by atoms with van der Waals surface area (Å²) in [6.45, 7) is 2.95. The van der Waals surface area contributed by atoms with Gasteiger partial charge in [-0.05, 0) is 14.1 Å². The fraction of sp³-hybridized carbons (Fsp3) is 0.600. The molecule has 5 nitrogen and oxygen atoms in total. The Morgan fingerprint density at radius 1 is 1.31 bits per heavy atom. The number of halogens is 1. The third-order valence-corrected chi connectivity index (χ3v) is 2.15. The van der Waals surface area contributed by atoms with Crippen molar-refractivity contribution in [1.82, 2.24) is 14.9 Å². The summed E-state index contributed by atoms with van der Waals surface area (Å²) in [5, 5.41) is 3.44. The second-order valence-corrected chi connectivity index (χ2v) is 3.90. The van der Waals surface area contributed by atoms with E-state index in [4.69, 9.17) is 16.3 Å². The van der Waals surface area contributed by atoms with Gasteiger partial charge in [0.25, 0.3) is 0 Å². The molecule has 0 saturated heterocycles. The minimum absolute atomic E-state index is 0.385. The Labute approximate surface area is 101 Å². The van der Waals surface area contributed by atoms with Crippen LogP contribution in [0.3, 0.4) is 0 Å². The van der Waals surface area contributed by atoms with Crippen LogP contribution >= 0.6 is 11.6 Å². The van der Waals surface area contributed by atoms with Crippen LogP contribution in [0, 0.1) is 0 Å². The summed E-state index contributed by atoms with van der Waals surface area (Å²) in [6, 6.07) is 0. The number of nitrogens with zero attached hydrogens (tertiary/aromatic N) is 3. The molecule has 1 N–H and O–H groups in total. The monoisotopic (exact) mass is 244 g/mol. The molecule has 0 amide bonds. The normalized spacial score (nSPS) is 10.8. The number of hydrogen-bond donors (Lipinski definition) is 1. The Hall–Kier alpha value is -0.910. The molecule has 0 aliphatic carbocycles. The molecule has 1 aromatic rings. The van der Waals surface area contributed by atoms with Gasteiger partial charge in [-0.15, -0.1) is 0 Å². The van der Waals surface area contributed by atoms with Crippen LogP contribution in [0.25, 0.3) is 0 Å². The van der Waals surface area contributed by atoms with E-state index in [-0.39, 0.29) is 0 Å². The van der Waals surface area contributed by atoms with Crippen molar-refractivity contribution < 1.29 is 4.74 Å². The van der Waals surface area contributed by atoms with Gasteiger partial charge in [0, 0.05) is 25.5 Å². The van der Waals surface area contributed by atoms with Crippen molar-refractivity contribution in [2.75, 3.05) is 45.7 Å². The number of anilines is 1. The molecule has 0 aliphatic rings. The fourth-order valence-corrected chi connectivity index (χ4v) is 1.20. The van der Waals surface area contributed by atoms with Crippen LogP contribution in [0.2, 0.25) is 5.15 Å². The number of aromatic nitrogens is 2. The third-order valence-electron chi connectivity index (χ3n) is 1.88. The van der Waals surface area contributed by atoms with Gasteiger partial charge >= 0.3 is 0 Å². The van der Waals surface area contributed by atoms with Crippen molar-refractivity contribution in [3.63, 3.8) is 0 Å². The molecule has 90 valence electrons. The molecule has 0 unspecified atom stereocenters. The highest BCUT2D eigenvalue weighted by atomic mass is 35.5. The maximum absolute atomic E-state index is 5.82. The number of hydrogen-bond acceptors (Lipinski definition) is 5. The average molecular weight is 245 g/mol. The van der Waals surface area contributed by atoms with E-state index in [2.05, 4.69) is 20.2 Å². The van der Waals surface area contributed by atoms with Crippen molar-refractivity contribution >= 4 is 17.4 Å². The second kappa shape index (κ2) is 7.38. The molecule has 16 heavy (non-hydrogen) atoms. The number of rotatable bonds is 7. The standard InChI is InChI=1S/C10H17ClN4O/c1-15(2)6-8-16-7-5-14-10-9(11)12-3-4-13-10/h3-4H,5-8H2,1-2H3,(H,13,14). The number of ether oxygens (including phenoxy) is 1. The summed E-state index contributed by atoms with van der Waals surface area (Å²) in [7, 11) is 4.03. The molecular formula is C10H17ClN4O. The number of nitrogens with one attached hydrogen (secondary N) is 1. The lowest BCUT2D eigenvalue weighted by molar-refractivity contribution is 0.126. The molecule has 1 aromatic heterocycles. The Morgan fingerprint density at radius 3 is 2.75 bits per heavy atom. The number of likely N-dealkylation sites (N-methyl/N-ethyl adjacent to an activating group) is 1. The van der Waals surface area contributed by atoms with Crippen LogP contribution < -0.4 is 5.32 Å². The zero-order valence-corrected chi connectivity index (χ0v) is 10.4. The fourth-order valence-electron chi connectivity index (χ4n) is 1.03. The van der Waals surface area contributed by atoms with Crippen LogP contribution in [0.1, 0.15) is 0 Å². The summed E-state index contributed by atoms with van der Waals surface area (Å²) in [4.78, 5) is 10.0. The largest absolute Gasteiger partial charge is 0.378 e. The topological polar surface area (TPSA) is 50.3 Å². The molecule has 0 bridgehead atoms. The maximum Gasteiger partial charge on any atom is 0.171 e. The summed E-state index contributed by atoms with van der Waals surface area (Å²) in [5.41, 5.74) is 0. The first kappa shape index (κ1) is 13.2. The van der Waals surface area contributed by atoms with Crippen LogP contribution in [-0.4, -0.2) is 55.3 Å². The highest BCUT2D eigenvalue weighted by Crippen LogP contribution is 2.13. The van der Waals surface area contributed by atoms with Gasteiger partial charge in [0.15, 0.2) is 11.0 Å². The first-order chi connectivity index (χ1) is 7.70. The smallest absolute Gasteiger partial charge is 0.171 e. The Kier molecular flexibility index (Phi) is 6.07. The average Bonchev–Trinajstić information content (AvgIpc) is 2.25. The molecule has 0 atom stereocenters. The quantitative estimate of drug-likeness (QED) is 0.729. The molecule has 6 heteroatoms. The lowest BCUT2D eigenvalue weighted by atomic mass is 10.6. The predicted octanol–water partition coefficient (Wildman–Crippen LogP) is 1.12. The van der Waals surface area contributed by atoms with Crippen molar-refractivity contribution in [1.29, 1.82) is 0 Å². The van der Waals surface area contributed by atoms with E-state index in [9.17, 15) is 0 Å². The SMILES string of the molecule is CN(C)CCOCCNc1nccnc1Cl. The lowest BCUT2D eigenvalue weighted by Gasteiger charge is -2.10. The Balaban J connectivity index is 2.10. The lowest BCUT2D eigenvalue weighted by Crippen LogP contribution is -2.20. The van der Waals surface area contributed by atoms with Gasteiger partial charge in [-0.25, -0.2) is 9.97 Å². The zero-order valence-electron chi connectivity index (χ0n) is 9.61. The minimum Gasteiger partial charge on any atom is -0.378 e. The van der Waals surface area contributed by atoms with E-state index in [0.29, 0.717) is 24.1 Å². The van der Waals surface area contributed by atoms with E-state index in [1.54, 1.807) is 12.4 Å². The van der Waals surface area contributed by atoms with Gasteiger partial charge < -0.3 is 15.0 Å². The molecule has 0 saturated carbocycles. The summed E-state index contributed by atoms with van der Waals surface area (Å²) >= 11 is 5.82. The molecule has 0 radical (unpaired) electrons. The maximum atomic E-state index is 5.82. The summed E-state index contributed by atoms with van der Waals surface area (Å²) in [6.07, 6.45) is 3.15. The molecule has 0 fully saturated rings. The molecule has 0 aliphatic heterocycles. The van der Waals surface area contributed by atoms with E-state index in [1.807, 2.05) is 14.1 Å². The van der Waals surface area contributed by atoms with Gasteiger partial charge in [0.05, 0.1) is 13.2 Å². The highest BCUT2D eigenvalue weighted by molar-refractivity contribution is 6.31. The minimum atomic E-state index is 0.385. The molecule has 1 rings (SSSR count). The predicted molar refractivity (Wildman–Crippen MR) is 64.9 cm³/mol.